The summed E-state index contributed by atoms with van der Waals surface area (Å²) in [5, 5.41) is 13.0. The molecule has 0 heterocycles. The Hall–Kier alpha value is -2.54. The van der Waals surface area contributed by atoms with Crippen molar-refractivity contribution in [2.75, 3.05) is 5.32 Å². The monoisotopic (exact) mass is 312 g/mol. The van der Waals surface area contributed by atoms with Crippen molar-refractivity contribution >= 4 is 28.9 Å². The Morgan fingerprint density at radius 3 is 2.57 bits per heavy atom. The zero-order chi connectivity index (χ0) is 15.6. The van der Waals surface area contributed by atoms with E-state index in [1.807, 2.05) is 0 Å². The minimum Gasteiger partial charge on any atom is -0.316 e. The van der Waals surface area contributed by atoms with Gasteiger partial charge in [-0.05, 0) is 24.3 Å². The van der Waals surface area contributed by atoms with Crippen molar-refractivity contribution in [2.45, 2.75) is 0 Å². The molecule has 0 atom stereocenters. The Morgan fingerprint density at radius 2 is 1.90 bits per heavy atom. The molecule has 0 saturated heterocycles. The third kappa shape index (κ3) is 3.32. The van der Waals surface area contributed by atoms with E-state index in [1.54, 1.807) is 0 Å². The van der Waals surface area contributed by atoms with E-state index < -0.39 is 33.7 Å². The number of carbonyl (C=O) groups excluding carboxylic acids is 1. The summed E-state index contributed by atoms with van der Waals surface area (Å²) < 4.78 is 26.7. The highest BCUT2D eigenvalue weighted by molar-refractivity contribution is 6.31. The van der Waals surface area contributed by atoms with Gasteiger partial charge in [0.1, 0.15) is 17.3 Å². The zero-order valence-corrected chi connectivity index (χ0v) is 11.0. The van der Waals surface area contributed by atoms with Gasteiger partial charge < -0.3 is 5.32 Å². The third-order valence-electron chi connectivity index (χ3n) is 2.58. The molecule has 0 spiro atoms. The van der Waals surface area contributed by atoms with E-state index in [9.17, 15) is 23.7 Å². The Kier molecular flexibility index (Phi) is 4.13. The number of nitrogens with one attached hydrogen (secondary N) is 1. The smallest absolute Gasteiger partial charge is 0.292 e. The molecule has 21 heavy (non-hydrogen) atoms. The van der Waals surface area contributed by atoms with Gasteiger partial charge in [-0.15, -0.1) is 0 Å². The Balaban J connectivity index is 2.38. The maximum atomic E-state index is 13.5. The summed E-state index contributed by atoms with van der Waals surface area (Å²) in [5.41, 5.74) is -1.28. The number of nitrogens with zero attached hydrogens (tertiary/aromatic N) is 1. The van der Waals surface area contributed by atoms with Crippen molar-refractivity contribution in [3.05, 3.63) is 68.7 Å². The molecule has 5 nitrogen and oxygen atoms in total. The molecule has 1 amide bonds. The molecule has 0 aliphatic rings. The maximum Gasteiger partial charge on any atom is 0.292 e. The van der Waals surface area contributed by atoms with Crippen molar-refractivity contribution in [2.24, 2.45) is 0 Å². The van der Waals surface area contributed by atoms with Crippen LogP contribution in [0.3, 0.4) is 0 Å². The fourth-order valence-electron chi connectivity index (χ4n) is 1.63. The molecule has 0 bridgehead atoms. The van der Waals surface area contributed by atoms with Gasteiger partial charge in [0.15, 0.2) is 0 Å². The van der Waals surface area contributed by atoms with Crippen LogP contribution in [0.5, 0.6) is 0 Å². The molecule has 0 radical (unpaired) electrons. The summed E-state index contributed by atoms with van der Waals surface area (Å²) >= 11 is 5.66. The third-order valence-corrected chi connectivity index (χ3v) is 2.81. The van der Waals surface area contributed by atoms with Crippen molar-refractivity contribution in [1.29, 1.82) is 0 Å². The van der Waals surface area contributed by atoms with Crippen LogP contribution in [0.15, 0.2) is 36.4 Å². The van der Waals surface area contributed by atoms with E-state index in [4.69, 9.17) is 11.6 Å². The molecule has 108 valence electrons. The molecule has 0 aliphatic heterocycles. The lowest BCUT2D eigenvalue weighted by Crippen LogP contribution is -2.15. The van der Waals surface area contributed by atoms with Crippen molar-refractivity contribution in [3.63, 3.8) is 0 Å². The number of amides is 1. The molecular weight excluding hydrogens is 306 g/mol. The number of halogens is 3. The quantitative estimate of drug-likeness (QED) is 0.692. The molecule has 0 aromatic heterocycles. The van der Waals surface area contributed by atoms with Gasteiger partial charge in [0.2, 0.25) is 0 Å². The largest absolute Gasteiger partial charge is 0.316 e. The van der Waals surface area contributed by atoms with Crippen molar-refractivity contribution in [1.82, 2.24) is 0 Å². The lowest BCUT2D eigenvalue weighted by molar-refractivity contribution is -0.384. The number of anilines is 1. The average Bonchev–Trinajstić information content (AvgIpc) is 2.41. The van der Waals surface area contributed by atoms with Gasteiger partial charge >= 0.3 is 0 Å². The number of nitro benzene ring substituents is 1. The van der Waals surface area contributed by atoms with Crippen LogP contribution in [0.4, 0.5) is 20.2 Å². The molecule has 0 unspecified atom stereocenters. The molecule has 0 fully saturated rings. The first kappa shape index (κ1) is 14.9. The Labute approximate surface area is 122 Å². The van der Waals surface area contributed by atoms with Crippen LogP contribution in [0, 0.1) is 21.7 Å². The molecular formula is C13H7ClF2N2O3. The Bertz CT molecular complexity index is 737. The zero-order valence-electron chi connectivity index (χ0n) is 10.3. The van der Waals surface area contributed by atoms with Gasteiger partial charge in [-0.1, -0.05) is 11.6 Å². The second kappa shape index (κ2) is 5.84. The predicted octanol–water partition coefficient (Wildman–Crippen LogP) is 3.78. The number of benzene rings is 2. The summed E-state index contributed by atoms with van der Waals surface area (Å²) in [6.07, 6.45) is 0. The van der Waals surface area contributed by atoms with Crippen LogP contribution in [0.2, 0.25) is 5.02 Å². The van der Waals surface area contributed by atoms with E-state index in [-0.39, 0.29) is 10.7 Å². The highest BCUT2D eigenvalue weighted by Gasteiger charge is 2.19. The highest BCUT2D eigenvalue weighted by Crippen LogP contribution is 2.26. The molecule has 1 N–H and O–H groups in total. The van der Waals surface area contributed by atoms with Gasteiger partial charge in [-0.3, -0.25) is 14.9 Å². The molecule has 8 heteroatoms. The molecule has 0 saturated carbocycles. The average molecular weight is 313 g/mol. The summed E-state index contributed by atoms with van der Waals surface area (Å²) in [4.78, 5) is 21.9. The van der Waals surface area contributed by atoms with Gasteiger partial charge in [0.05, 0.1) is 10.5 Å². The van der Waals surface area contributed by atoms with Crippen molar-refractivity contribution < 1.29 is 18.5 Å². The van der Waals surface area contributed by atoms with Gasteiger partial charge in [0.25, 0.3) is 11.6 Å². The van der Waals surface area contributed by atoms with Gasteiger partial charge in [-0.25, -0.2) is 8.78 Å². The van der Waals surface area contributed by atoms with Crippen LogP contribution in [0.1, 0.15) is 10.4 Å². The summed E-state index contributed by atoms with van der Waals surface area (Å²) in [6.45, 7) is 0. The van der Waals surface area contributed by atoms with Crippen molar-refractivity contribution in [3.8, 4) is 0 Å². The lowest BCUT2D eigenvalue weighted by Gasteiger charge is -2.07. The van der Waals surface area contributed by atoms with E-state index >= 15 is 0 Å². The molecule has 0 aliphatic carbocycles. The van der Waals surface area contributed by atoms with Crippen LogP contribution < -0.4 is 5.32 Å². The van der Waals surface area contributed by atoms with Gasteiger partial charge in [0, 0.05) is 17.2 Å². The fraction of sp³-hybridized carbons (Fsp3) is 0. The summed E-state index contributed by atoms with van der Waals surface area (Å²) in [5.74, 6) is -2.60. The highest BCUT2D eigenvalue weighted by atomic mass is 35.5. The second-order valence-corrected chi connectivity index (χ2v) is 4.43. The summed E-state index contributed by atoms with van der Waals surface area (Å²) in [7, 11) is 0. The van der Waals surface area contributed by atoms with Crippen LogP contribution in [-0.2, 0) is 0 Å². The number of carbonyl (C=O) groups is 1. The normalized spacial score (nSPS) is 10.2. The topological polar surface area (TPSA) is 72.2 Å². The number of hydrogen-bond acceptors (Lipinski definition) is 3. The minimum absolute atomic E-state index is 0.121. The lowest BCUT2D eigenvalue weighted by atomic mass is 10.2. The molecule has 2 rings (SSSR count). The fourth-order valence-corrected chi connectivity index (χ4v) is 1.80. The minimum atomic E-state index is -0.969. The first-order chi connectivity index (χ1) is 9.88. The van der Waals surface area contributed by atoms with E-state index in [0.29, 0.717) is 0 Å². The standard InChI is InChI=1S/C13H7ClF2N2O3/c14-7-1-3-10(16)9(5-7)13(19)17-11-6-8(15)2-4-12(11)18(20)21/h1-6H,(H,17,19). The number of nitro groups is 1. The first-order valence-corrected chi connectivity index (χ1v) is 5.96. The number of hydrogen-bond donors (Lipinski definition) is 1. The molecule has 2 aromatic carbocycles. The SMILES string of the molecule is O=C(Nc1cc(F)ccc1[N+](=O)[O-])c1cc(Cl)ccc1F. The van der Waals surface area contributed by atoms with Crippen LogP contribution in [0.25, 0.3) is 0 Å². The van der Waals surface area contributed by atoms with Crippen LogP contribution in [-0.4, -0.2) is 10.8 Å². The maximum absolute atomic E-state index is 13.5. The van der Waals surface area contributed by atoms with E-state index in [1.165, 1.54) is 6.07 Å². The Morgan fingerprint density at radius 1 is 1.19 bits per heavy atom. The van der Waals surface area contributed by atoms with Crippen LogP contribution >= 0.6 is 11.6 Å². The summed E-state index contributed by atoms with van der Waals surface area (Å²) in [6, 6.07) is 5.86. The second-order valence-electron chi connectivity index (χ2n) is 4.00. The predicted molar refractivity (Wildman–Crippen MR) is 72.4 cm³/mol. The molecule has 2 aromatic rings. The van der Waals surface area contributed by atoms with E-state index in [0.717, 1.165) is 30.3 Å². The van der Waals surface area contributed by atoms with E-state index in [2.05, 4.69) is 5.32 Å². The van der Waals surface area contributed by atoms with Gasteiger partial charge in [-0.2, -0.15) is 0 Å². The first-order valence-electron chi connectivity index (χ1n) is 5.59. The number of rotatable bonds is 3.